The molecule has 0 atom stereocenters. The van der Waals surface area contributed by atoms with Crippen molar-refractivity contribution in [2.24, 2.45) is 5.41 Å². The minimum Gasteiger partial charge on any atom is -0.301 e. The van der Waals surface area contributed by atoms with E-state index in [1.807, 2.05) is 0 Å². The quantitative estimate of drug-likeness (QED) is 0.644. The second kappa shape index (κ2) is 3.25. The van der Waals surface area contributed by atoms with E-state index in [1.54, 1.807) is 0 Å². The van der Waals surface area contributed by atoms with Crippen molar-refractivity contribution in [2.45, 2.75) is 33.2 Å². The van der Waals surface area contributed by atoms with Gasteiger partial charge in [0.2, 0.25) is 0 Å². The van der Waals surface area contributed by atoms with Gasteiger partial charge in [-0.15, -0.1) is 0 Å². The summed E-state index contributed by atoms with van der Waals surface area (Å²) in [4.78, 5) is 4.88. The highest BCUT2D eigenvalue weighted by Crippen LogP contribution is 2.28. The van der Waals surface area contributed by atoms with Crippen molar-refractivity contribution >= 4 is 0 Å². The van der Waals surface area contributed by atoms with Crippen molar-refractivity contribution in [3.63, 3.8) is 0 Å². The number of likely N-dealkylation sites (N-methyl/N-ethyl adjacent to an activating group) is 1. The Bertz CT molecular complexity index is 173. The van der Waals surface area contributed by atoms with Crippen LogP contribution in [0.1, 0.15) is 27.7 Å². The normalized spacial score (nSPS) is 23.3. The fraction of sp³-hybridized carbons (Fsp3) is 1.00. The third kappa shape index (κ3) is 2.68. The summed E-state index contributed by atoms with van der Waals surface area (Å²) in [5.41, 5.74) is 0.860. The fourth-order valence-corrected chi connectivity index (χ4v) is 1.98. The molecule has 0 unspecified atom stereocenters. The van der Waals surface area contributed by atoms with E-state index in [0.717, 1.165) is 0 Å². The molecule has 0 aromatic rings. The van der Waals surface area contributed by atoms with E-state index in [0.29, 0.717) is 11.0 Å². The van der Waals surface area contributed by atoms with E-state index in [9.17, 15) is 0 Å². The molecule has 0 aromatic carbocycles. The fourth-order valence-electron chi connectivity index (χ4n) is 1.98. The molecule has 13 heavy (non-hydrogen) atoms. The Hall–Kier alpha value is -0.0800. The predicted molar refractivity (Wildman–Crippen MR) is 58.0 cm³/mol. The van der Waals surface area contributed by atoms with Gasteiger partial charge in [0.1, 0.15) is 0 Å². The van der Waals surface area contributed by atoms with Gasteiger partial charge in [0.15, 0.2) is 0 Å². The number of hydrogen-bond acceptors (Lipinski definition) is 2. The summed E-state index contributed by atoms with van der Waals surface area (Å²) in [5.74, 6) is 0. The summed E-state index contributed by atoms with van der Waals surface area (Å²) in [6, 6.07) is 0. The van der Waals surface area contributed by atoms with E-state index in [1.165, 1.54) is 19.6 Å². The van der Waals surface area contributed by atoms with Crippen LogP contribution in [0.2, 0.25) is 0 Å². The first kappa shape index (κ1) is 11.0. The average Bonchev–Trinajstić information content (AvgIpc) is 1.79. The van der Waals surface area contributed by atoms with Gasteiger partial charge in [-0.05, 0) is 26.4 Å². The van der Waals surface area contributed by atoms with Crippen LogP contribution < -0.4 is 0 Å². The first-order chi connectivity index (χ1) is 5.73. The maximum absolute atomic E-state index is 2.54. The summed E-state index contributed by atoms with van der Waals surface area (Å²) >= 11 is 0. The lowest BCUT2D eigenvalue weighted by atomic mass is 9.87. The summed E-state index contributed by atoms with van der Waals surface area (Å²) in [6.07, 6.45) is 0. The van der Waals surface area contributed by atoms with Crippen molar-refractivity contribution in [3.05, 3.63) is 0 Å². The van der Waals surface area contributed by atoms with Crippen LogP contribution in [-0.4, -0.2) is 49.1 Å². The van der Waals surface area contributed by atoms with Gasteiger partial charge in [-0.1, -0.05) is 20.8 Å². The molecule has 1 heterocycles. The second-order valence-corrected chi connectivity index (χ2v) is 6.10. The lowest BCUT2D eigenvalue weighted by molar-refractivity contribution is -0.0316. The van der Waals surface area contributed by atoms with Gasteiger partial charge in [0, 0.05) is 25.2 Å². The van der Waals surface area contributed by atoms with Crippen molar-refractivity contribution in [2.75, 3.05) is 33.7 Å². The molecule has 1 aliphatic heterocycles. The molecule has 0 radical (unpaired) electrons. The number of likely N-dealkylation sites (tertiary alicyclic amines) is 1. The highest BCUT2D eigenvalue weighted by molar-refractivity contribution is 4.99. The number of hydrogen-bond donors (Lipinski definition) is 0. The van der Waals surface area contributed by atoms with E-state index >= 15 is 0 Å². The minimum atomic E-state index is 0.422. The molecule has 0 N–H and O–H groups in total. The lowest BCUT2D eigenvalue weighted by Gasteiger charge is -2.53. The molecule has 78 valence electrons. The Morgan fingerprint density at radius 2 is 1.69 bits per heavy atom. The van der Waals surface area contributed by atoms with Crippen molar-refractivity contribution in [3.8, 4) is 0 Å². The third-order valence-corrected chi connectivity index (χ3v) is 2.91. The van der Waals surface area contributed by atoms with E-state index < -0.39 is 0 Å². The van der Waals surface area contributed by atoms with Crippen LogP contribution in [0.3, 0.4) is 0 Å². The molecular formula is C11H24N2. The Kier molecular flexibility index (Phi) is 2.75. The smallest absolute Gasteiger partial charge is 0.0429 e. The Labute approximate surface area is 82.9 Å². The van der Waals surface area contributed by atoms with Gasteiger partial charge < -0.3 is 4.90 Å². The van der Waals surface area contributed by atoms with Gasteiger partial charge in [-0.2, -0.15) is 0 Å². The molecule has 0 amide bonds. The molecular weight excluding hydrogens is 160 g/mol. The summed E-state index contributed by atoms with van der Waals surface area (Å²) in [6.45, 7) is 12.9. The summed E-state index contributed by atoms with van der Waals surface area (Å²) < 4.78 is 0. The van der Waals surface area contributed by atoms with Crippen LogP contribution in [-0.2, 0) is 0 Å². The molecule has 0 bridgehead atoms. The molecule has 0 aromatic heterocycles. The van der Waals surface area contributed by atoms with Crippen LogP contribution in [0.4, 0.5) is 0 Å². The highest BCUT2D eigenvalue weighted by Gasteiger charge is 2.41. The van der Waals surface area contributed by atoms with Gasteiger partial charge in [-0.25, -0.2) is 0 Å². The van der Waals surface area contributed by atoms with Crippen LogP contribution in [0, 0.1) is 5.41 Å². The standard InChI is InChI=1S/C11H24N2/c1-10(2,3)7-13-8-11(4,9-13)12(5)6/h7-9H2,1-6H3. The largest absolute Gasteiger partial charge is 0.301 e. The second-order valence-electron chi connectivity index (χ2n) is 6.10. The maximum Gasteiger partial charge on any atom is 0.0429 e. The van der Waals surface area contributed by atoms with E-state index in [2.05, 4.69) is 51.6 Å². The predicted octanol–water partition coefficient (Wildman–Crippen LogP) is 1.67. The molecule has 0 spiro atoms. The van der Waals surface area contributed by atoms with Gasteiger partial charge >= 0.3 is 0 Å². The molecule has 2 heteroatoms. The Balaban J connectivity index is 2.33. The Morgan fingerprint density at radius 3 is 2.00 bits per heavy atom. The van der Waals surface area contributed by atoms with Crippen molar-refractivity contribution in [1.29, 1.82) is 0 Å². The zero-order valence-corrected chi connectivity index (χ0v) is 10.0. The summed E-state index contributed by atoms with van der Waals surface area (Å²) in [5, 5.41) is 0. The topological polar surface area (TPSA) is 6.48 Å². The molecule has 1 rings (SSSR count). The highest BCUT2D eigenvalue weighted by atomic mass is 15.3. The van der Waals surface area contributed by atoms with Crippen LogP contribution in [0.25, 0.3) is 0 Å². The first-order valence-corrected chi connectivity index (χ1v) is 5.13. The molecule has 1 saturated heterocycles. The molecule has 1 fully saturated rings. The van der Waals surface area contributed by atoms with Crippen molar-refractivity contribution in [1.82, 2.24) is 9.80 Å². The SMILES string of the molecule is CN(C)C1(C)CN(CC(C)(C)C)C1. The van der Waals surface area contributed by atoms with Crippen LogP contribution in [0.5, 0.6) is 0 Å². The zero-order valence-electron chi connectivity index (χ0n) is 10.0. The minimum absolute atomic E-state index is 0.422. The monoisotopic (exact) mass is 184 g/mol. The van der Waals surface area contributed by atoms with Crippen LogP contribution in [0.15, 0.2) is 0 Å². The van der Waals surface area contributed by atoms with E-state index in [-0.39, 0.29) is 0 Å². The molecule has 0 aliphatic carbocycles. The number of nitrogens with zero attached hydrogens (tertiary/aromatic N) is 2. The van der Waals surface area contributed by atoms with Gasteiger partial charge in [0.05, 0.1) is 0 Å². The lowest BCUT2D eigenvalue weighted by Crippen LogP contribution is -2.67. The van der Waals surface area contributed by atoms with E-state index in [4.69, 9.17) is 0 Å². The molecule has 0 saturated carbocycles. The average molecular weight is 184 g/mol. The number of rotatable bonds is 2. The molecule has 2 nitrogen and oxygen atoms in total. The van der Waals surface area contributed by atoms with Crippen molar-refractivity contribution < 1.29 is 0 Å². The maximum atomic E-state index is 2.54. The van der Waals surface area contributed by atoms with Gasteiger partial charge in [0.25, 0.3) is 0 Å². The van der Waals surface area contributed by atoms with Gasteiger partial charge in [-0.3, -0.25) is 4.90 Å². The first-order valence-electron chi connectivity index (χ1n) is 5.13. The zero-order chi connectivity index (χ0) is 10.3. The third-order valence-electron chi connectivity index (χ3n) is 2.91. The molecule has 1 aliphatic rings. The Morgan fingerprint density at radius 1 is 1.23 bits per heavy atom. The van der Waals surface area contributed by atoms with Crippen LogP contribution >= 0.6 is 0 Å². The summed E-state index contributed by atoms with van der Waals surface area (Å²) in [7, 11) is 4.35.